The van der Waals surface area contributed by atoms with E-state index in [1.165, 1.54) is 12.3 Å². The van der Waals surface area contributed by atoms with Crippen molar-refractivity contribution in [2.45, 2.75) is 6.42 Å². The normalized spacial score (nSPS) is 10.3. The van der Waals surface area contributed by atoms with E-state index in [2.05, 4.69) is 20.9 Å². The number of urea groups is 1. The minimum Gasteiger partial charge on any atom is -0.385 e. The molecule has 0 saturated heterocycles. The number of nitrogens with zero attached hydrogens (tertiary/aromatic N) is 1. The number of benzene rings is 1. The van der Waals surface area contributed by atoms with E-state index in [0.717, 1.165) is 0 Å². The molecule has 0 unspecified atom stereocenters. The second-order valence-corrected chi connectivity index (χ2v) is 6.02. The fourth-order valence-electron chi connectivity index (χ4n) is 2.06. The van der Waals surface area contributed by atoms with Gasteiger partial charge < -0.3 is 15.4 Å². The van der Waals surface area contributed by atoms with E-state index < -0.39 is 11.9 Å². The van der Waals surface area contributed by atoms with Crippen LogP contribution in [0.4, 0.5) is 16.3 Å². The van der Waals surface area contributed by atoms with E-state index in [-0.39, 0.29) is 21.4 Å². The first-order valence-corrected chi connectivity index (χ1v) is 8.52. The Morgan fingerprint density at radius 2 is 1.88 bits per heavy atom. The lowest BCUT2D eigenvalue weighted by Gasteiger charge is -2.10. The molecule has 0 aliphatic heterocycles. The summed E-state index contributed by atoms with van der Waals surface area (Å²) < 4.78 is 4.90. The monoisotopic (exact) mass is 396 g/mol. The second-order valence-electron chi connectivity index (χ2n) is 5.21. The molecule has 7 nitrogen and oxygen atoms in total. The first-order valence-electron chi connectivity index (χ1n) is 7.76. The maximum absolute atomic E-state index is 12.4. The van der Waals surface area contributed by atoms with Crippen molar-refractivity contribution in [2.24, 2.45) is 0 Å². The zero-order valence-corrected chi connectivity index (χ0v) is 15.5. The minimum atomic E-state index is -0.457. The highest BCUT2D eigenvalue weighted by atomic mass is 35.5. The van der Waals surface area contributed by atoms with Gasteiger partial charge in [-0.15, -0.1) is 0 Å². The predicted molar refractivity (Wildman–Crippen MR) is 102 cm³/mol. The average Bonchev–Trinajstić information content (AvgIpc) is 2.59. The summed E-state index contributed by atoms with van der Waals surface area (Å²) in [6.45, 7) is 1.03. The Morgan fingerprint density at radius 3 is 2.58 bits per heavy atom. The van der Waals surface area contributed by atoms with Crippen molar-refractivity contribution in [3.63, 3.8) is 0 Å². The number of rotatable bonds is 7. The van der Waals surface area contributed by atoms with Crippen LogP contribution in [0.15, 0.2) is 36.5 Å². The Bertz CT molecular complexity index is 766. The number of nitrogens with one attached hydrogen (secondary N) is 3. The smallest absolute Gasteiger partial charge is 0.320 e. The molecule has 26 heavy (non-hydrogen) atoms. The molecule has 0 radical (unpaired) electrons. The van der Waals surface area contributed by atoms with Gasteiger partial charge in [0.25, 0.3) is 5.91 Å². The van der Waals surface area contributed by atoms with E-state index in [9.17, 15) is 9.59 Å². The number of halogens is 2. The van der Waals surface area contributed by atoms with E-state index in [4.69, 9.17) is 27.9 Å². The molecular formula is C17H18Cl2N4O3. The quantitative estimate of drug-likeness (QED) is 0.620. The third kappa shape index (κ3) is 5.87. The summed E-state index contributed by atoms with van der Waals surface area (Å²) in [5, 5.41) is 8.44. The molecule has 0 saturated carbocycles. The number of pyridine rings is 1. The highest BCUT2D eigenvalue weighted by Gasteiger charge is 2.15. The van der Waals surface area contributed by atoms with Crippen LogP contribution in [0.1, 0.15) is 16.8 Å². The number of hydrogen-bond acceptors (Lipinski definition) is 4. The van der Waals surface area contributed by atoms with Gasteiger partial charge in [-0.2, -0.15) is 0 Å². The van der Waals surface area contributed by atoms with Gasteiger partial charge >= 0.3 is 6.03 Å². The van der Waals surface area contributed by atoms with Gasteiger partial charge in [0, 0.05) is 38.2 Å². The van der Waals surface area contributed by atoms with Crippen LogP contribution < -0.4 is 16.0 Å². The third-order valence-corrected chi connectivity index (χ3v) is 3.89. The zero-order valence-electron chi connectivity index (χ0n) is 14.0. The largest absolute Gasteiger partial charge is 0.385 e. The van der Waals surface area contributed by atoms with Crippen molar-refractivity contribution in [1.82, 2.24) is 10.3 Å². The molecule has 2 rings (SSSR count). The van der Waals surface area contributed by atoms with Crippen molar-refractivity contribution in [3.8, 4) is 0 Å². The lowest BCUT2D eigenvalue weighted by Crippen LogP contribution is -2.30. The molecule has 1 aromatic carbocycles. The van der Waals surface area contributed by atoms with E-state index in [1.807, 2.05) is 0 Å². The Balaban J connectivity index is 1.98. The first kappa shape index (κ1) is 20.0. The van der Waals surface area contributed by atoms with Crippen LogP contribution in [0.25, 0.3) is 0 Å². The van der Waals surface area contributed by atoms with Crippen molar-refractivity contribution in [2.75, 3.05) is 30.9 Å². The van der Waals surface area contributed by atoms with Crippen LogP contribution in [0.3, 0.4) is 0 Å². The van der Waals surface area contributed by atoms with Crippen LogP contribution in [0.2, 0.25) is 10.0 Å². The molecule has 0 aliphatic rings. The first-order chi connectivity index (χ1) is 12.5. The molecular weight excluding hydrogens is 379 g/mol. The lowest BCUT2D eigenvalue weighted by molar-refractivity contribution is 0.102. The van der Waals surface area contributed by atoms with Gasteiger partial charge in [0.15, 0.2) is 0 Å². The summed E-state index contributed by atoms with van der Waals surface area (Å²) in [6, 6.07) is 7.53. The number of aromatic nitrogens is 1. The minimum absolute atomic E-state index is 0.179. The van der Waals surface area contributed by atoms with E-state index in [0.29, 0.717) is 25.3 Å². The summed E-state index contributed by atoms with van der Waals surface area (Å²) in [5.41, 5.74) is 0.619. The Hall–Kier alpha value is -2.35. The SMILES string of the molecule is COCCCNC(=O)Nc1cc(NC(=O)c2c(Cl)cccc2Cl)ccn1. The highest BCUT2D eigenvalue weighted by molar-refractivity contribution is 6.40. The summed E-state index contributed by atoms with van der Waals surface area (Å²) in [7, 11) is 1.60. The van der Waals surface area contributed by atoms with Gasteiger partial charge in [-0.3, -0.25) is 10.1 Å². The zero-order chi connectivity index (χ0) is 18.9. The summed E-state index contributed by atoms with van der Waals surface area (Å²) in [5.74, 6) is -0.168. The fourth-order valence-corrected chi connectivity index (χ4v) is 2.63. The van der Waals surface area contributed by atoms with Gasteiger partial charge in [0.1, 0.15) is 5.82 Å². The standard InChI is InChI=1S/C17H18Cl2N4O3/c1-26-9-3-7-21-17(25)23-14-10-11(6-8-20-14)22-16(24)15-12(18)4-2-5-13(15)19/h2,4-6,8,10H,3,7,9H2,1H3,(H3,20,21,22,23,24,25). The summed E-state index contributed by atoms with van der Waals surface area (Å²) in [4.78, 5) is 28.2. The molecule has 0 fully saturated rings. The number of carbonyl (C=O) groups excluding carboxylic acids is 2. The third-order valence-electron chi connectivity index (χ3n) is 3.26. The molecule has 1 heterocycles. The van der Waals surface area contributed by atoms with Crippen LogP contribution in [-0.4, -0.2) is 37.2 Å². The molecule has 3 amide bonds. The van der Waals surface area contributed by atoms with E-state index >= 15 is 0 Å². The number of carbonyl (C=O) groups is 2. The maximum Gasteiger partial charge on any atom is 0.320 e. The molecule has 138 valence electrons. The number of ether oxygens (including phenoxy) is 1. The highest BCUT2D eigenvalue weighted by Crippen LogP contribution is 2.25. The Labute approximate surface area is 161 Å². The lowest BCUT2D eigenvalue weighted by atomic mass is 10.2. The second kappa shape index (κ2) is 9.96. The summed E-state index contributed by atoms with van der Waals surface area (Å²) >= 11 is 12.1. The van der Waals surface area contributed by atoms with Crippen LogP contribution >= 0.6 is 23.2 Å². The molecule has 0 atom stereocenters. The van der Waals surface area contributed by atoms with Gasteiger partial charge in [-0.1, -0.05) is 29.3 Å². The Morgan fingerprint density at radius 1 is 1.15 bits per heavy atom. The van der Waals surface area contributed by atoms with Gasteiger partial charge in [0.05, 0.1) is 15.6 Å². The van der Waals surface area contributed by atoms with Crippen molar-refractivity contribution in [3.05, 3.63) is 52.1 Å². The predicted octanol–water partition coefficient (Wildman–Crippen LogP) is 3.80. The molecule has 1 aromatic heterocycles. The van der Waals surface area contributed by atoms with Crippen molar-refractivity contribution >= 4 is 46.6 Å². The van der Waals surface area contributed by atoms with Crippen molar-refractivity contribution < 1.29 is 14.3 Å². The molecule has 0 spiro atoms. The Kier molecular flexibility index (Phi) is 7.65. The molecule has 3 N–H and O–H groups in total. The fraction of sp³-hybridized carbons (Fsp3) is 0.235. The maximum atomic E-state index is 12.4. The van der Waals surface area contributed by atoms with Gasteiger partial charge in [-0.25, -0.2) is 9.78 Å². The van der Waals surface area contributed by atoms with Crippen molar-refractivity contribution in [1.29, 1.82) is 0 Å². The molecule has 0 bridgehead atoms. The molecule has 9 heteroatoms. The van der Waals surface area contributed by atoms with E-state index in [1.54, 1.807) is 31.4 Å². The molecule has 0 aliphatic carbocycles. The van der Waals surface area contributed by atoms with Gasteiger partial charge in [-0.05, 0) is 24.6 Å². The summed E-state index contributed by atoms with van der Waals surface area (Å²) in [6.07, 6.45) is 2.16. The number of amides is 3. The van der Waals surface area contributed by atoms with Crippen LogP contribution in [0, 0.1) is 0 Å². The number of methoxy groups -OCH3 is 1. The number of anilines is 2. The van der Waals surface area contributed by atoms with Crippen LogP contribution in [-0.2, 0) is 4.74 Å². The van der Waals surface area contributed by atoms with Gasteiger partial charge in [0.2, 0.25) is 0 Å². The average molecular weight is 397 g/mol. The number of hydrogen-bond donors (Lipinski definition) is 3. The van der Waals surface area contributed by atoms with Crippen LogP contribution in [0.5, 0.6) is 0 Å². The molecule has 2 aromatic rings. The topological polar surface area (TPSA) is 92.4 Å².